The van der Waals surface area contributed by atoms with Crippen molar-refractivity contribution >= 4 is 15.8 Å². The summed E-state index contributed by atoms with van der Waals surface area (Å²) in [5, 5.41) is 11.3. The van der Waals surface area contributed by atoms with Crippen molar-refractivity contribution in [1.82, 2.24) is 20.2 Å². The molecule has 1 heterocycles. The number of carbonyl (C=O) groups is 1. The second-order valence-corrected chi connectivity index (χ2v) is 9.31. The van der Waals surface area contributed by atoms with Crippen LogP contribution >= 0.6 is 0 Å². The smallest absolute Gasteiger partial charge is 0.338 e. The zero-order chi connectivity index (χ0) is 24.1. The molecule has 174 valence electrons. The summed E-state index contributed by atoms with van der Waals surface area (Å²) in [7, 11) is -3.33. The maximum Gasteiger partial charge on any atom is 0.338 e. The molecule has 0 atom stereocenters. The molecule has 4 rings (SSSR count). The van der Waals surface area contributed by atoms with Crippen LogP contribution in [0.5, 0.6) is 5.75 Å². The minimum Gasteiger partial charge on any atom is -0.489 e. The van der Waals surface area contributed by atoms with Crippen LogP contribution in [0.15, 0.2) is 77.7 Å². The molecule has 0 aliphatic rings. The lowest BCUT2D eigenvalue weighted by molar-refractivity contribution is 0.0459. The molecule has 0 amide bonds. The summed E-state index contributed by atoms with van der Waals surface area (Å²) in [6.45, 7) is 0.00595. The van der Waals surface area contributed by atoms with Crippen LogP contribution < -0.4 is 4.74 Å². The van der Waals surface area contributed by atoms with Gasteiger partial charge < -0.3 is 9.47 Å². The first-order chi connectivity index (χ1) is 16.3. The highest BCUT2D eigenvalue weighted by atomic mass is 32.2. The summed E-state index contributed by atoms with van der Waals surface area (Å²) >= 11 is 0. The molecule has 0 aliphatic heterocycles. The number of rotatable bonds is 8. The maximum absolute atomic E-state index is 13.0. The van der Waals surface area contributed by atoms with Crippen molar-refractivity contribution in [2.75, 3.05) is 6.26 Å². The van der Waals surface area contributed by atoms with E-state index in [4.69, 9.17) is 9.47 Å². The van der Waals surface area contributed by atoms with Crippen LogP contribution in [0, 0.1) is 5.82 Å². The summed E-state index contributed by atoms with van der Waals surface area (Å²) in [5.41, 5.74) is 1.57. The molecule has 34 heavy (non-hydrogen) atoms. The number of nitrogens with zero attached hydrogens (tertiary/aromatic N) is 4. The topological polar surface area (TPSA) is 113 Å². The zero-order valence-corrected chi connectivity index (χ0v) is 18.8. The van der Waals surface area contributed by atoms with Gasteiger partial charge in [-0.05, 0) is 70.6 Å². The monoisotopic (exact) mass is 482 g/mol. The SMILES string of the molecule is CS(=O)(=O)c1ccc(-n2nnnc2COC(=O)c2cccc(OCc3ccc(F)cc3)c2)cc1. The summed E-state index contributed by atoms with van der Waals surface area (Å²) in [5.74, 6) is -0.224. The van der Waals surface area contributed by atoms with Gasteiger partial charge in [0.1, 0.15) is 18.2 Å². The number of benzene rings is 3. The number of aromatic nitrogens is 4. The van der Waals surface area contributed by atoms with E-state index < -0.39 is 15.8 Å². The fraction of sp³-hybridized carbons (Fsp3) is 0.130. The Hall–Kier alpha value is -4.12. The lowest BCUT2D eigenvalue weighted by Crippen LogP contribution is -2.10. The van der Waals surface area contributed by atoms with Crippen LogP contribution in [0.2, 0.25) is 0 Å². The van der Waals surface area contributed by atoms with Crippen LogP contribution in [0.4, 0.5) is 4.39 Å². The molecule has 3 aromatic carbocycles. The Labute approximate surface area is 194 Å². The number of esters is 1. The van der Waals surface area contributed by atoms with Crippen molar-refractivity contribution in [2.45, 2.75) is 18.1 Å². The Morgan fingerprint density at radius 3 is 2.44 bits per heavy atom. The van der Waals surface area contributed by atoms with Gasteiger partial charge in [0.2, 0.25) is 0 Å². The van der Waals surface area contributed by atoms with E-state index in [1.807, 2.05) is 0 Å². The molecule has 0 radical (unpaired) electrons. The molecule has 0 unspecified atom stereocenters. The molecule has 1 aromatic heterocycles. The first-order valence-corrected chi connectivity index (χ1v) is 11.9. The Kier molecular flexibility index (Phi) is 6.64. The highest BCUT2D eigenvalue weighted by molar-refractivity contribution is 7.90. The van der Waals surface area contributed by atoms with Crippen molar-refractivity contribution in [1.29, 1.82) is 0 Å². The number of hydrogen-bond donors (Lipinski definition) is 0. The van der Waals surface area contributed by atoms with Gasteiger partial charge in [-0.2, -0.15) is 4.68 Å². The van der Waals surface area contributed by atoms with Crippen LogP contribution in [-0.2, 0) is 27.8 Å². The fourth-order valence-electron chi connectivity index (χ4n) is 3.00. The van der Waals surface area contributed by atoms with Crippen LogP contribution in [0.1, 0.15) is 21.7 Å². The minimum absolute atomic E-state index is 0.166. The standard InChI is InChI=1S/C23H19FN4O5S/c1-34(30,31)21-11-9-19(10-12-21)28-22(25-26-27-28)15-33-23(29)17-3-2-4-20(13-17)32-14-16-5-7-18(24)8-6-16/h2-13H,14-15H2,1H3. The second kappa shape index (κ2) is 9.79. The van der Waals surface area contributed by atoms with E-state index in [0.29, 0.717) is 11.4 Å². The molecule has 0 saturated carbocycles. The maximum atomic E-state index is 13.0. The average molecular weight is 482 g/mol. The summed E-state index contributed by atoms with van der Waals surface area (Å²) < 4.78 is 48.7. The van der Waals surface area contributed by atoms with Gasteiger partial charge in [-0.15, -0.1) is 5.10 Å². The van der Waals surface area contributed by atoms with Gasteiger partial charge in [0, 0.05) is 6.26 Å². The van der Waals surface area contributed by atoms with Gasteiger partial charge in [0.05, 0.1) is 16.1 Å². The molecule has 0 N–H and O–H groups in total. The van der Waals surface area contributed by atoms with Gasteiger partial charge >= 0.3 is 5.97 Å². The van der Waals surface area contributed by atoms with E-state index in [-0.39, 0.29) is 35.3 Å². The Balaban J connectivity index is 1.39. The molecule has 0 saturated heterocycles. The Morgan fingerprint density at radius 2 is 1.74 bits per heavy atom. The van der Waals surface area contributed by atoms with Gasteiger partial charge in [-0.25, -0.2) is 17.6 Å². The van der Waals surface area contributed by atoms with Gasteiger partial charge in [0.25, 0.3) is 0 Å². The van der Waals surface area contributed by atoms with E-state index in [2.05, 4.69) is 15.5 Å². The quantitative estimate of drug-likeness (QED) is 0.352. The number of ether oxygens (including phenoxy) is 2. The normalized spacial score (nSPS) is 11.2. The molecular formula is C23H19FN4O5S. The predicted octanol–water partition coefficient (Wildman–Crippen LogP) is 3.14. The molecule has 4 aromatic rings. The molecular weight excluding hydrogens is 463 g/mol. The fourth-order valence-corrected chi connectivity index (χ4v) is 3.63. The summed E-state index contributed by atoms with van der Waals surface area (Å²) in [4.78, 5) is 12.7. The number of hydrogen-bond acceptors (Lipinski definition) is 8. The predicted molar refractivity (Wildman–Crippen MR) is 119 cm³/mol. The molecule has 9 nitrogen and oxygen atoms in total. The number of sulfone groups is 1. The largest absolute Gasteiger partial charge is 0.489 e. The van der Waals surface area contributed by atoms with E-state index in [9.17, 15) is 17.6 Å². The lowest BCUT2D eigenvalue weighted by atomic mass is 10.2. The third-order valence-electron chi connectivity index (χ3n) is 4.76. The van der Waals surface area contributed by atoms with Crippen molar-refractivity contribution < 1.29 is 27.1 Å². The molecule has 0 bridgehead atoms. The van der Waals surface area contributed by atoms with Crippen molar-refractivity contribution in [3.63, 3.8) is 0 Å². The van der Waals surface area contributed by atoms with E-state index in [1.165, 1.54) is 28.9 Å². The highest BCUT2D eigenvalue weighted by Crippen LogP contribution is 2.18. The van der Waals surface area contributed by atoms with Gasteiger partial charge in [0.15, 0.2) is 22.3 Å². The Bertz CT molecular complexity index is 1400. The number of tetrazole rings is 1. The number of carbonyl (C=O) groups excluding carboxylic acids is 1. The van der Waals surface area contributed by atoms with Gasteiger partial charge in [-0.1, -0.05) is 18.2 Å². The van der Waals surface area contributed by atoms with Gasteiger partial charge in [-0.3, -0.25) is 0 Å². The molecule has 11 heteroatoms. The zero-order valence-electron chi connectivity index (χ0n) is 18.0. The van der Waals surface area contributed by atoms with Crippen LogP contribution in [-0.4, -0.2) is 40.9 Å². The van der Waals surface area contributed by atoms with Crippen molar-refractivity contribution in [3.8, 4) is 11.4 Å². The third kappa shape index (κ3) is 5.62. The summed E-state index contributed by atoms with van der Waals surface area (Å²) in [6.07, 6.45) is 1.12. The number of halogens is 1. The Morgan fingerprint density at radius 1 is 1.00 bits per heavy atom. The molecule has 0 spiro atoms. The van der Waals surface area contributed by atoms with E-state index >= 15 is 0 Å². The van der Waals surface area contributed by atoms with Crippen molar-refractivity contribution in [2.24, 2.45) is 0 Å². The molecule has 0 fully saturated rings. The molecule has 0 aliphatic carbocycles. The average Bonchev–Trinajstić information content (AvgIpc) is 3.30. The first-order valence-electron chi connectivity index (χ1n) is 10.0. The van der Waals surface area contributed by atoms with E-state index in [1.54, 1.807) is 48.5 Å². The minimum atomic E-state index is -3.33. The van der Waals surface area contributed by atoms with Crippen LogP contribution in [0.3, 0.4) is 0 Å². The van der Waals surface area contributed by atoms with E-state index in [0.717, 1.165) is 11.8 Å². The highest BCUT2D eigenvalue weighted by Gasteiger charge is 2.14. The first kappa shape index (κ1) is 23.1. The van der Waals surface area contributed by atoms with Crippen LogP contribution in [0.25, 0.3) is 5.69 Å². The second-order valence-electron chi connectivity index (χ2n) is 7.29. The summed E-state index contributed by atoms with van der Waals surface area (Å²) in [6, 6.07) is 18.4. The van der Waals surface area contributed by atoms with Crippen molar-refractivity contribution in [3.05, 3.63) is 95.6 Å². The lowest BCUT2D eigenvalue weighted by Gasteiger charge is -2.09. The third-order valence-corrected chi connectivity index (χ3v) is 5.89.